The molecule has 1 aliphatic heterocycles. The van der Waals surface area contributed by atoms with Gasteiger partial charge in [-0.3, -0.25) is 9.59 Å². The monoisotopic (exact) mass is 143 g/mol. The van der Waals surface area contributed by atoms with E-state index in [4.69, 9.17) is 0 Å². The normalized spacial score (nSPS) is 20.4. The topological polar surface area (TPSA) is 55.4 Å². The zero-order chi connectivity index (χ0) is 7.40. The van der Waals surface area contributed by atoms with Crippen molar-refractivity contribution >= 4 is 11.9 Å². The van der Waals surface area contributed by atoms with Crippen molar-refractivity contribution in [2.45, 2.75) is 12.8 Å². The fourth-order valence-electron chi connectivity index (χ4n) is 0.731. The molecule has 4 nitrogen and oxygen atoms in total. The Bertz CT molecular complexity index is 139. The summed E-state index contributed by atoms with van der Waals surface area (Å²) in [6.45, 7) is 1.02. The highest BCUT2D eigenvalue weighted by Gasteiger charge is 2.12. The molecule has 1 heterocycles. The Balaban J connectivity index is 2.40. The minimum atomic E-state index is -0.433. The Labute approximate surface area is 58.5 Å². The van der Waals surface area contributed by atoms with Crippen LogP contribution in [0.1, 0.15) is 12.8 Å². The molecule has 0 aromatic rings. The van der Waals surface area contributed by atoms with Gasteiger partial charge in [-0.2, -0.15) is 0 Å². The van der Waals surface area contributed by atoms with Crippen molar-refractivity contribution in [3.63, 3.8) is 0 Å². The van der Waals surface area contributed by atoms with Crippen LogP contribution in [-0.2, 0) is 14.3 Å². The van der Waals surface area contributed by atoms with Crippen LogP contribution in [0.15, 0.2) is 0 Å². The first-order valence-electron chi connectivity index (χ1n) is 3.21. The predicted octanol–water partition coefficient (Wildman–Crippen LogP) is -0.560. The second kappa shape index (κ2) is 3.20. The molecule has 0 unspecified atom stereocenters. The molecule has 0 bridgehead atoms. The number of hydrogen-bond donors (Lipinski definition) is 1. The van der Waals surface area contributed by atoms with Crippen LogP contribution < -0.4 is 5.32 Å². The van der Waals surface area contributed by atoms with Crippen molar-refractivity contribution in [1.82, 2.24) is 5.32 Å². The molecule has 0 aromatic heterocycles. The van der Waals surface area contributed by atoms with E-state index >= 15 is 0 Å². The van der Waals surface area contributed by atoms with E-state index in [1.807, 2.05) is 0 Å². The molecule has 1 aliphatic rings. The van der Waals surface area contributed by atoms with E-state index in [1.165, 1.54) is 0 Å². The molecule has 1 amide bonds. The van der Waals surface area contributed by atoms with Crippen molar-refractivity contribution in [3.05, 3.63) is 0 Å². The lowest BCUT2D eigenvalue weighted by atomic mass is 10.3. The van der Waals surface area contributed by atoms with Gasteiger partial charge in [0.2, 0.25) is 5.91 Å². The summed E-state index contributed by atoms with van der Waals surface area (Å²) in [5.74, 6) is -0.679. The summed E-state index contributed by atoms with van der Waals surface area (Å²) in [6, 6.07) is 0. The van der Waals surface area contributed by atoms with Gasteiger partial charge in [0.05, 0.1) is 6.61 Å². The van der Waals surface area contributed by atoms with Crippen molar-refractivity contribution in [3.8, 4) is 0 Å². The van der Waals surface area contributed by atoms with Crippen LogP contribution in [0.3, 0.4) is 0 Å². The number of rotatable bonds is 0. The van der Waals surface area contributed by atoms with Gasteiger partial charge in [-0.1, -0.05) is 0 Å². The molecule has 0 radical (unpaired) electrons. The van der Waals surface area contributed by atoms with Gasteiger partial charge in [0.25, 0.3) is 0 Å². The molecule has 0 spiro atoms. The van der Waals surface area contributed by atoms with Gasteiger partial charge in [-0.05, 0) is 6.42 Å². The lowest BCUT2D eigenvalue weighted by Crippen LogP contribution is -2.30. The van der Waals surface area contributed by atoms with Crippen LogP contribution in [0.4, 0.5) is 0 Å². The minimum Gasteiger partial charge on any atom is -0.465 e. The molecular weight excluding hydrogens is 134 g/mol. The van der Waals surface area contributed by atoms with Crippen molar-refractivity contribution in [2.24, 2.45) is 0 Å². The number of ether oxygens (including phenoxy) is 1. The van der Waals surface area contributed by atoms with E-state index in [0.29, 0.717) is 19.6 Å². The highest BCUT2D eigenvalue weighted by atomic mass is 16.5. The molecule has 1 fully saturated rings. The van der Waals surface area contributed by atoms with Crippen LogP contribution in [0.25, 0.3) is 0 Å². The summed E-state index contributed by atoms with van der Waals surface area (Å²) in [4.78, 5) is 21.2. The molecule has 0 aromatic carbocycles. The summed E-state index contributed by atoms with van der Waals surface area (Å²) in [6.07, 6.45) is 0.567. The van der Waals surface area contributed by atoms with Crippen LogP contribution >= 0.6 is 0 Å². The van der Waals surface area contributed by atoms with Gasteiger partial charge in [0.15, 0.2) is 0 Å². The van der Waals surface area contributed by atoms with Gasteiger partial charge in [0, 0.05) is 6.54 Å². The summed E-state index contributed by atoms with van der Waals surface area (Å²) in [5.41, 5.74) is 0. The lowest BCUT2D eigenvalue weighted by Gasteiger charge is -2.09. The van der Waals surface area contributed by atoms with E-state index in [9.17, 15) is 9.59 Å². The van der Waals surface area contributed by atoms with Crippen molar-refractivity contribution in [2.75, 3.05) is 13.2 Å². The number of esters is 1. The lowest BCUT2D eigenvalue weighted by molar-refractivity contribution is -0.147. The van der Waals surface area contributed by atoms with Gasteiger partial charge < -0.3 is 10.1 Å². The van der Waals surface area contributed by atoms with Crippen LogP contribution in [-0.4, -0.2) is 25.0 Å². The summed E-state index contributed by atoms with van der Waals surface area (Å²) in [5, 5.41) is 2.58. The van der Waals surface area contributed by atoms with Crippen LogP contribution in [0, 0.1) is 0 Å². The van der Waals surface area contributed by atoms with Crippen LogP contribution in [0.2, 0.25) is 0 Å². The van der Waals surface area contributed by atoms with Crippen molar-refractivity contribution < 1.29 is 14.3 Å². The quantitative estimate of drug-likeness (QED) is 0.365. The standard InChI is InChI=1S/C6H9NO3/c8-5-4-6(9)10-3-1-2-7-5/h1-4H2,(H,7,8). The van der Waals surface area contributed by atoms with Crippen molar-refractivity contribution in [1.29, 1.82) is 0 Å². The minimum absolute atomic E-state index is 0.139. The van der Waals surface area contributed by atoms with Gasteiger partial charge in [0.1, 0.15) is 6.42 Å². The maximum atomic E-state index is 10.6. The van der Waals surface area contributed by atoms with Gasteiger partial charge in [-0.15, -0.1) is 0 Å². The number of hydrogen-bond acceptors (Lipinski definition) is 3. The Morgan fingerprint density at radius 1 is 1.40 bits per heavy atom. The molecule has 56 valence electrons. The second-order valence-electron chi connectivity index (χ2n) is 2.10. The zero-order valence-electron chi connectivity index (χ0n) is 5.55. The average Bonchev–Trinajstić information content (AvgIpc) is 1.83. The maximum absolute atomic E-state index is 10.6. The van der Waals surface area contributed by atoms with E-state index in [1.54, 1.807) is 0 Å². The van der Waals surface area contributed by atoms with Gasteiger partial charge in [-0.25, -0.2) is 0 Å². The largest absolute Gasteiger partial charge is 0.465 e. The highest BCUT2D eigenvalue weighted by Crippen LogP contribution is 1.92. The number of cyclic esters (lactones) is 1. The maximum Gasteiger partial charge on any atom is 0.315 e. The molecule has 1 saturated heterocycles. The molecule has 0 aliphatic carbocycles. The Kier molecular flexibility index (Phi) is 2.25. The first-order chi connectivity index (χ1) is 4.79. The number of carbonyl (C=O) groups is 2. The van der Waals surface area contributed by atoms with E-state index in [0.717, 1.165) is 0 Å². The predicted molar refractivity (Wildman–Crippen MR) is 33.2 cm³/mol. The van der Waals surface area contributed by atoms with Gasteiger partial charge >= 0.3 is 5.97 Å². The first kappa shape index (κ1) is 7.05. The Morgan fingerprint density at radius 2 is 2.20 bits per heavy atom. The summed E-state index contributed by atoms with van der Waals surface area (Å²) < 4.78 is 4.65. The third kappa shape index (κ3) is 2.05. The molecule has 1 N–H and O–H groups in total. The Morgan fingerprint density at radius 3 is 3.00 bits per heavy atom. The fourth-order valence-corrected chi connectivity index (χ4v) is 0.731. The third-order valence-corrected chi connectivity index (χ3v) is 1.21. The van der Waals surface area contributed by atoms with E-state index < -0.39 is 5.97 Å². The zero-order valence-corrected chi connectivity index (χ0v) is 5.55. The smallest absolute Gasteiger partial charge is 0.315 e. The average molecular weight is 143 g/mol. The summed E-state index contributed by atoms with van der Waals surface area (Å²) >= 11 is 0. The summed E-state index contributed by atoms with van der Waals surface area (Å²) in [7, 11) is 0. The highest BCUT2D eigenvalue weighted by molar-refractivity contribution is 5.94. The molecule has 0 saturated carbocycles. The number of amides is 1. The third-order valence-electron chi connectivity index (χ3n) is 1.21. The first-order valence-corrected chi connectivity index (χ1v) is 3.21. The van der Waals surface area contributed by atoms with Crippen LogP contribution in [0.5, 0.6) is 0 Å². The SMILES string of the molecule is O=C1CC(=O)OCCCN1. The Hall–Kier alpha value is -1.06. The fraction of sp³-hybridized carbons (Fsp3) is 0.667. The molecule has 4 heteroatoms. The molecular formula is C6H9NO3. The van der Waals surface area contributed by atoms with E-state index in [-0.39, 0.29) is 12.3 Å². The molecule has 0 atom stereocenters. The number of carbonyl (C=O) groups excluding carboxylic acids is 2. The molecule has 10 heavy (non-hydrogen) atoms. The molecule has 1 rings (SSSR count). The second-order valence-corrected chi connectivity index (χ2v) is 2.10. The van der Waals surface area contributed by atoms with E-state index in [2.05, 4.69) is 10.1 Å². The number of nitrogens with one attached hydrogen (secondary N) is 1.